The summed E-state index contributed by atoms with van der Waals surface area (Å²) in [5.74, 6) is 0.0293. The number of hydrogen-bond donors (Lipinski definition) is 0. The van der Waals surface area contributed by atoms with E-state index in [1.165, 1.54) is 11.6 Å². The largest absolute Gasteiger partial charge is 0.298 e. The standard InChI is InChI=1S/C17H17F2N/c18-15-4-5-16-12(8-15)2-1-3-13(16)9-20-10-14(11-20)17(19)6-7-17/h1-5,8,14H,6-7,9-11H2. The van der Waals surface area contributed by atoms with Gasteiger partial charge in [0.15, 0.2) is 0 Å². The Balaban J connectivity index is 1.52. The fourth-order valence-electron chi connectivity index (χ4n) is 3.25. The number of halogens is 2. The Morgan fingerprint density at radius 1 is 1.15 bits per heavy atom. The molecule has 3 heteroatoms. The zero-order valence-corrected chi connectivity index (χ0v) is 11.3. The van der Waals surface area contributed by atoms with Gasteiger partial charge in [-0.1, -0.05) is 24.3 Å². The van der Waals surface area contributed by atoms with Crippen molar-refractivity contribution in [2.45, 2.75) is 25.1 Å². The van der Waals surface area contributed by atoms with Crippen LogP contribution in [0.5, 0.6) is 0 Å². The van der Waals surface area contributed by atoms with Gasteiger partial charge in [-0.2, -0.15) is 0 Å². The number of alkyl halides is 1. The predicted octanol–water partition coefficient (Wildman–Crippen LogP) is 3.91. The molecule has 0 bridgehead atoms. The molecular weight excluding hydrogens is 256 g/mol. The van der Waals surface area contributed by atoms with Crippen LogP contribution in [0.25, 0.3) is 10.8 Å². The van der Waals surface area contributed by atoms with Crippen molar-refractivity contribution in [3.05, 3.63) is 47.8 Å². The van der Waals surface area contributed by atoms with Crippen molar-refractivity contribution in [1.82, 2.24) is 4.90 Å². The van der Waals surface area contributed by atoms with Crippen molar-refractivity contribution >= 4 is 10.8 Å². The average molecular weight is 273 g/mol. The average Bonchev–Trinajstić information content (AvgIpc) is 3.11. The van der Waals surface area contributed by atoms with Gasteiger partial charge in [-0.25, -0.2) is 8.78 Å². The van der Waals surface area contributed by atoms with Crippen LogP contribution in [0.4, 0.5) is 8.78 Å². The van der Waals surface area contributed by atoms with E-state index in [0.29, 0.717) is 0 Å². The van der Waals surface area contributed by atoms with Gasteiger partial charge in [0.1, 0.15) is 11.5 Å². The van der Waals surface area contributed by atoms with Crippen LogP contribution in [0.3, 0.4) is 0 Å². The Kier molecular flexibility index (Phi) is 2.61. The minimum Gasteiger partial charge on any atom is -0.298 e. The van der Waals surface area contributed by atoms with Gasteiger partial charge in [-0.15, -0.1) is 0 Å². The first-order chi connectivity index (χ1) is 9.64. The van der Waals surface area contributed by atoms with E-state index in [2.05, 4.69) is 11.0 Å². The molecular formula is C17H17F2N. The molecule has 1 saturated heterocycles. The summed E-state index contributed by atoms with van der Waals surface area (Å²) >= 11 is 0. The van der Waals surface area contributed by atoms with Crippen LogP contribution >= 0.6 is 0 Å². The SMILES string of the molecule is Fc1ccc2c(CN3CC(C4(F)CC4)C3)cccc2c1. The predicted molar refractivity (Wildman–Crippen MR) is 75.7 cm³/mol. The lowest BCUT2D eigenvalue weighted by atomic mass is 9.91. The molecule has 0 unspecified atom stereocenters. The number of rotatable bonds is 3. The van der Waals surface area contributed by atoms with Crippen LogP contribution in [-0.2, 0) is 6.54 Å². The summed E-state index contributed by atoms with van der Waals surface area (Å²) in [4.78, 5) is 2.28. The Hall–Kier alpha value is -1.48. The van der Waals surface area contributed by atoms with E-state index in [4.69, 9.17) is 0 Å². The Bertz CT molecular complexity index is 657. The molecule has 2 aromatic carbocycles. The Morgan fingerprint density at radius 2 is 1.95 bits per heavy atom. The van der Waals surface area contributed by atoms with Gasteiger partial charge in [0.05, 0.1) is 0 Å². The number of fused-ring (bicyclic) bond motifs is 1. The van der Waals surface area contributed by atoms with Gasteiger partial charge in [0.2, 0.25) is 0 Å². The van der Waals surface area contributed by atoms with Crippen molar-refractivity contribution < 1.29 is 8.78 Å². The summed E-state index contributed by atoms with van der Waals surface area (Å²) in [5.41, 5.74) is 0.350. The molecule has 2 aliphatic rings. The summed E-state index contributed by atoms with van der Waals surface area (Å²) in [5, 5.41) is 2.03. The second kappa shape index (κ2) is 4.26. The monoisotopic (exact) mass is 273 g/mol. The van der Waals surface area contributed by atoms with E-state index >= 15 is 0 Å². The normalized spacial score (nSPS) is 21.9. The van der Waals surface area contributed by atoms with Crippen molar-refractivity contribution in [2.24, 2.45) is 5.92 Å². The third kappa shape index (κ3) is 2.01. The number of hydrogen-bond acceptors (Lipinski definition) is 1. The Morgan fingerprint density at radius 3 is 2.70 bits per heavy atom. The van der Waals surface area contributed by atoms with E-state index in [1.807, 2.05) is 18.2 Å². The lowest BCUT2D eigenvalue weighted by molar-refractivity contribution is 0.0209. The lowest BCUT2D eigenvalue weighted by Crippen LogP contribution is -2.51. The third-order valence-electron chi connectivity index (χ3n) is 4.74. The first-order valence-corrected chi connectivity index (χ1v) is 7.22. The molecule has 0 aromatic heterocycles. The first kappa shape index (κ1) is 12.3. The summed E-state index contributed by atoms with van der Waals surface area (Å²) in [6.45, 7) is 2.54. The molecule has 2 aromatic rings. The number of likely N-dealkylation sites (tertiary alicyclic amines) is 1. The van der Waals surface area contributed by atoms with Crippen molar-refractivity contribution in [2.75, 3.05) is 13.1 Å². The molecule has 0 N–H and O–H groups in total. The summed E-state index contributed by atoms with van der Waals surface area (Å²) in [6.07, 6.45) is 1.50. The Labute approximate surface area is 117 Å². The van der Waals surface area contributed by atoms with Crippen LogP contribution in [0.2, 0.25) is 0 Å². The maximum absolute atomic E-state index is 13.9. The molecule has 0 spiro atoms. The molecule has 1 heterocycles. The fraction of sp³-hybridized carbons (Fsp3) is 0.412. The number of benzene rings is 2. The molecule has 1 aliphatic carbocycles. The quantitative estimate of drug-likeness (QED) is 0.819. The zero-order valence-electron chi connectivity index (χ0n) is 11.3. The van der Waals surface area contributed by atoms with Crippen molar-refractivity contribution in [1.29, 1.82) is 0 Å². The van der Waals surface area contributed by atoms with Gasteiger partial charge in [0, 0.05) is 25.6 Å². The minimum absolute atomic E-state index is 0.202. The van der Waals surface area contributed by atoms with Gasteiger partial charge in [-0.05, 0) is 41.3 Å². The molecule has 1 saturated carbocycles. The van der Waals surface area contributed by atoms with E-state index in [9.17, 15) is 8.78 Å². The van der Waals surface area contributed by atoms with E-state index < -0.39 is 5.67 Å². The van der Waals surface area contributed by atoms with Gasteiger partial charge in [0.25, 0.3) is 0 Å². The molecule has 0 radical (unpaired) electrons. The third-order valence-corrected chi connectivity index (χ3v) is 4.74. The van der Waals surface area contributed by atoms with Crippen molar-refractivity contribution in [3.8, 4) is 0 Å². The molecule has 0 atom stereocenters. The highest BCUT2D eigenvalue weighted by atomic mass is 19.1. The fourth-order valence-corrected chi connectivity index (χ4v) is 3.25. The molecule has 1 aliphatic heterocycles. The highest BCUT2D eigenvalue weighted by Crippen LogP contribution is 2.49. The van der Waals surface area contributed by atoms with E-state index in [-0.39, 0.29) is 11.7 Å². The van der Waals surface area contributed by atoms with E-state index in [1.54, 1.807) is 6.07 Å². The van der Waals surface area contributed by atoms with Crippen LogP contribution in [-0.4, -0.2) is 23.7 Å². The summed E-state index contributed by atoms with van der Waals surface area (Å²) in [6, 6.07) is 10.9. The van der Waals surface area contributed by atoms with Crippen LogP contribution in [0.15, 0.2) is 36.4 Å². The highest BCUT2D eigenvalue weighted by molar-refractivity contribution is 5.85. The van der Waals surface area contributed by atoms with Gasteiger partial charge in [-0.3, -0.25) is 4.90 Å². The lowest BCUT2D eigenvalue weighted by Gasteiger charge is -2.41. The van der Waals surface area contributed by atoms with Gasteiger partial charge >= 0.3 is 0 Å². The zero-order chi connectivity index (χ0) is 13.7. The summed E-state index contributed by atoms with van der Waals surface area (Å²) in [7, 11) is 0. The van der Waals surface area contributed by atoms with Crippen molar-refractivity contribution in [3.63, 3.8) is 0 Å². The van der Waals surface area contributed by atoms with E-state index in [0.717, 1.165) is 43.2 Å². The summed E-state index contributed by atoms with van der Waals surface area (Å²) < 4.78 is 27.1. The molecule has 4 rings (SSSR count). The van der Waals surface area contributed by atoms with Crippen LogP contribution < -0.4 is 0 Å². The second-order valence-electron chi connectivity index (χ2n) is 6.21. The number of nitrogens with zero attached hydrogens (tertiary/aromatic N) is 1. The maximum atomic E-state index is 13.9. The van der Waals surface area contributed by atoms with Crippen LogP contribution in [0.1, 0.15) is 18.4 Å². The second-order valence-corrected chi connectivity index (χ2v) is 6.21. The molecule has 1 nitrogen and oxygen atoms in total. The van der Waals surface area contributed by atoms with Crippen LogP contribution in [0, 0.1) is 11.7 Å². The molecule has 20 heavy (non-hydrogen) atoms. The topological polar surface area (TPSA) is 3.24 Å². The smallest absolute Gasteiger partial charge is 0.123 e. The molecule has 104 valence electrons. The molecule has 0 amide bonds. The molecule has 2 fully saturated rings. The van der Waals surface area contributed by atoms with Gasteiger partial charge < -0.3 is 0 Å². The highest BCUT2D eigenvalue weighted by Gasteiger charge is 2.54. The minimum atomic E-state index is -0.849. The first-order valence-electron chi connectivity index (χ1n) is 7.22. The maximum Gasteiger partial charge on any atom is 0.123 e.